The van der Waals surface area contributed by atoms with Gasteiger partial charge < -0.3 is 10.2 Å². The summed E-state index contributed by atoms with van der Waals surface area (Å²) < 4.78 is 0. The lowest BCUT2D eigenvalue weighted by Gasteiger charge is -2.28. The molecule has 1 aliphatic rings. The van der Waals surface area contributed by atoms with Crippen LogP contribution >= 0.6 is 11.8 Å². The van der Waals surface area contributed by atoms with Crippen molar-refractivity contribution in [3.8, 4) is 0 Å². The van der Waals surface area contributed by atoms with Gasteiger partial charge in [-0.2, -0.15) is 11.8 Å². The Morgan fingerprint density at radius 3 is 2.28 bits per heavy atom. The largest absolute Gasteiger partial charge is 0.370 e. The van der Waals surface area contributed by atoms with E-state index in [-0.39, 0.29) is 5.54 Å². The molecule has 1 heterocycles. The number of hydrogen-bond acceptors (Lipinski definition) is 3. The minimum atomic E-state index is 0.183. The maximum Gasteiger partial charge on any atom is 0.0366 e. The molecule has 100 valence electrons. The molecule has 2 nitrogen and oxygen atoms in total. The Kier molecular flexibility index (Phi) is 4.57. The first-order valence-electron chi connectivity index (χ1n) is 6.71. The van der Waals surface area contributed by atoms with Crippen LogP contribution in [0.3, 0.4) is 0 Å². The topological polar surface area (TPSA) is 15.3 Å². The second-order valence-corrected chi connectivity index (χ2v) is 7.09. The van der Waals surface area contributed by atoms with E-state index < -0.39 is 0 Å². The summed E-state index contributed by atoms with van der Waals surface area (Å²) in [6, 6.07) is 9.01. The van der Waals surface area contributed by atoms with Gasteiger partial charge in [-0.3, -0.25) is 0 Å². The van der Waals surface area contributed by atoms with Crippen LogP contribution < -0.4 is 10.2 Å². The van der Waals surface area contributed by atoms with E-state index in [1.54, 1.807) is 0 Å². The Bertz CT molecular complexity index is 361. The van der Waals surface area contributed by atoms with Crippen LogP contribution in [-0.2, 0) is 6.54 Å². The number of anilines is 1. The standard InChI is InChI=1S/C15H24N2S/c1-15(2,3)16-12-13-4-6-14(7-5-13)17-8-10-18-11-9-17/h4-7,16H,8-12H2,1-3H3. The van der Waals surface area contributed by atoms with E-state index >= 15 is 0 Å². The van der Waals surface area contributed by atoms with E-state index in [0.29, 0.717) is 0 Å². The van der Waals surface area contributed by atoms with Gasteiger partial charge >= 0.3 is 0 Å². The van der Waals surface area contributed by atoms with Gasteiger partial charge in [0.2, 0.25) is 0 Å². The molecule has 1 aliphatic heterocycles. The number of hydrogen-bond donors (Lipinski definition) is 1. The molecule has 1 N–H and O–H groups in total. The predicted octanol–water partition coefficient (Wildman–Crippen LogP) is 3.13. The molecule has 18 heavy (non-hydrogen) atoms. The summed E-state index contributed by atoms with van der Waals surface area (Å²) in [6.07, 6.45) is 0. The first kappa shape index (κ1) is 13.8. The van der Waals surface area contributed by atoms with Crippen molar-refractivity contribution >= 4 is 17.4 Å². The number of rotatable bonds is 3. The molecule has 1 fully saturated rings. The Morgan fingerprint density at radius 1 is 1.11 bits per heavy atom. The van der Waals surface area contributed by atoms with Crippen LogP contribution in [-0.4, -0.2) is 30.1 Å². The van der Waals surface area contributed by atoms with E-state index in [9.17, 15) is 0 Å². The van der Waals surface area contributed by atoms with Gasteiger partial charge in [-0.05, 0) is 38.5 Å². The van der Waals surface area contributed by atoms with Gasteiger partial charge in [-0.15, -0.1) is 0 Å². The molecule has 1 saturated heterocycles. The van der Waals surface area contributed by atoms with E-state index in [4.69, 9.17) is 0 Å². The molecule has 2 rings (SSSR count). The molecule has 0 bridgehead atoms. The monoisotopic (exact) mass is 264 g/mol. The van der Waals surface area contributed by atoms with Crippen LogP contribution in [0.2, 0.25) is 0 Å². The summed E-state index contributed by atoms with van der Waals surface area (Å²) in [4.78, 5) is 2.48. The fraction of sp³-hybridized carbons (Fsp3) is 0.600. The quantitative estimate of drug-likeness (QED) is 0.903. The molecular weight excluding hydrogens is 240 g/mol. The van der Waals surface area contributed by atoms with Gasteiger partial charge in [0, 0.05) is 42.4 Å². The lowest BCUT2D eigenvalue weighted by atomic mass is 10.1. The highest BCUT2D eigenvalue weighted by atomic mass is 32.2. The zero-order valence-corrected chi connectivity index (χ0v) is 12.5. The number of nitrogens with zero attached hydrogens (tertiary/aromatic N) is 1. The highest BCUT2D eigenvalue weighted by molar-refractivity contribution is 7.99. The van der Waals surface area contributed by atoms with Crippen molar-refractivity contribution in [3.63, 3.8) is 0 Å². The van der Waals surface area contributed by atoms with Crippen LogP contribution in [0.15, 0.2) is 24.3 Å². The Morgan fingerprint density at radius 2 is 1.72 bits per heavy atom. The second-order valence-electron chi connectivity index (χ2n) is 5.87. The Hall–Kier alpha value is -0.670. The number of benzene rings is 1. The molecule has 0 radical (unpaired) electrons. The van der Waals surface area contributed by atoms with Gasteiger partial charge in [-0.25, -0.2) is 0 Å². The van der Waals surface area contributed by atoms with Crippen molar-refractivity contribution in [1.29, 1.82) is 0 Å². The second kappa shape index (κ2) is 5.98. The average Bonchev–Trinajstić information content (AvgIpc) is 2.37. The van der Waals surface area contributed by atoms with Crippen LogP contribution in [0.4, 0.5) is 5.69 Å². The zero-order valence-electron chi connectivity index (χ0n) is 11.7. The van der Waals surface area contributed by atoms with Crippen molar-refractivity contribution < 1.29 is 0 Å². The third-order valence-corrected chi connectivity index (χ3v) is 4.08. The predicted molar refractivity (Wildman–Crippen MR) is 82.6 cm³/mol. The summed E-state index contributed by atoms with van der Waals surface area (Å²) in [5.74, 6) is 2.51. The smallest absolute Gasteiger partial charge is 0.0366 e. The molecule has 0 unspecified atom stereocenters. The van der Waals surface area contributed by atoms with Crippen LogP contribution in [0.1, 0.15) is 26.3 Å². The fourth-order valence-electron chi connectivity index (χ4n) is 2.01. The van der Waals surface area contributed by atoms with Gasteiger partial charge in [0.1, 0.15) is 0 Å². The summed E-state index contributed by atoms with van der Waals surface area (Å²) in [7, 11) is 0. The van der Waals surface area contributed by atoms with E-state index in [2.05, 4.69) is 67.0 Å². The van der Waals surface area contributed by atoms with Crippen molar-refractivity contribution in [2.24, 2.45) is 0 Å². The highest BCUT2D eigenvalue weighted by Gasteiger charge is 2.11. The lowest BCUT2D eigenvalue weighted by molar-refractivity contribution is 0.424. The minimum absolute atomic E-state index is 0.183. The van der Waals surface area contributed by atoms with E-state index in [0.717, 1.165) is 6.54 Å². The minimum Gasteiger partial charge on any atom is -0.370 e. The molecule has 0 saturated carbocycles. The van der Waals surface area contributed by atoms with Crippen molar-refractivity contribution in [2.45, 2.75) is 32.9 Å². The van der Waals surface area contributed by atoms with Crippen LogP contribution in [0.25, 0.3) is 0 Å². The van der Waals surface area contributed by atoms with Crippen LogP contribution in [0, 0.1) is 0 Å². The molecule has 3 heteroatoms. The lowest BCUT2D eigenvalue weighted by Crippen LogP contribution is -2.35. The third kappa shape index (κ3) is 4.21. The summed E-state index contributed by atoms with van der Waals surface area (Å²) in [6.45, 7) is 9.92. The molecule has 0 amide bonds. The maximum absolute atomic E-state index is 3.52. The first-order valence-corrected chi connectivity index (χ1v) is 7.87. The van der Waals surface area contributed by atoms with Gasteiger partial charge in [-0.1, -0.05) is 12.1 Å². The molecule has 0 atom stereocenters. The van der Waals surface area contributed by atoms with E-state index in [1.165, 1.54) is 35.8 Å². The number of nitrogens with one attached hydrogen (secondary N) is 1. The summed E-state index contributed by atoms with van der Waals surface area (Å²) >= 11 is 2.06. The molecule has 1 aromatic carbocycles. The zero-order chi connectivity index (χ0) is 13.0. The van der Waals surface area contributed by atoms with E-state index in [1.807, 2.05) is 0 Å². The molecule has 1 aromatic rings. The fourth-order valence-corrected chi connectivity index (χ4v) is 2.92. The van der Waals surface area contributed by atoms with Gasteiger partial charge in [0.25, 0.3) is 0 Å². The Balaban J connectivity index is 1.92. The molecule has 0 aliphatic carbocycles. The summed E-state index contributed by atoms with van der Waals surface area (Å²) in [5.41, 5.74) is 2.91. The van der Waals surface area contributed by atoms with Gasteiger partial charge in [0.05, 0.1) is 0 Å². The Labute approximate surface area is 115 Å². The van der Waals surface area contributed by atoms with Crippen molar-refractivity contribution in [1.82, 2.24) is 5.32 Å². The third-order valence-electron chi connectivity index (χ3n) is 3.14. The summed E-state index contributed by atoms with van der Waals surface area (Å²) in [5, 5.41) is 3.52. The van der Waals surface area contributed by atoms with Crippen molar-refractivity contribution in [2.75, 3.05) is 29.5 Å². The molecular formula is C15H24N2S. The molecule has 0 aromatic heterocycles. The average molecular weight is 264 g/mol. The van der Waals surface area contributed by atoms with Crippen molar-refractivity contribution in [3.05, 3.63) is 29.8 Å². The van der Waals surface area contributed by atoms with Crippen LogP contribution in [0.5, 0.6) is 0 Å². The maximum atomic E-state index is 3.52. The van der Waals surface area contributed by atoms with Gasteiger partial charge in [0.15, 0.2) is 0 Å². The highest BCUT2D eigenvalue weighted by Crippen LogP contribution is 2.20. The number of thioether (sulfide) groups is 1. The molecule has 0 spiro atoms. The first-order chi connectivity index (χ1) is 8.54. The SMILES string of the molecule is CC(C)(C)NCc1ccc(N2CCSCC2)cc1. The normalized spacial score (nSPS) is 16.9.